The van der Waals surface area contributed by atoms with Crippen molar-refractivity contribution in [3.05, 3.63) is 54.6 Å². The highest BCUT2D eigenvalue weighted by Gasteiger charge is 2.09. The molecule has 0 amide bonds. The number of hydrogen-bond acceptors (Lipinski definition) is 7. The number of pyridine rings is 1. The van der Waals surface area contributed by atoms with Crippen LogP contribution in [0.1, 0.15) is 5.69 Å². The fourth-order valence-electron chi connectivity index (χ4n) is 1.97. The number of nitrogens with zero attached hydrogens (tertiary/aromatic N) is 8. The lowest BCUT2D eigenvalue weighted by Crippen LogP contribution is -2.02. The summed E-state index contributed by atoms with van der Waals surface area (Å²) in [6.45, 7) is 0.663. The van der Waals surface area contributed by atoms with Gasteiger partial charge in [0.05, 0.1) is 12.2 Å². The molecule has 4 heterocycles. The van der Waals surface area contributed by atoms with Crippen molar-refractivity contribution in [2.45, 2.75) is 16.7 Å². The van der Waals surface area contributed by atoms with E-state index < -0.39 is 0 Å². The molecular weight excluding hydrogens is 300 g/mol. The van der Waals surface area contributed by atoms with Crippen LogP contribution in [0.2, 0.25) is 0 Å². The summed E-state index contributed by atoms with van der Waals surface area (Å²) in [7, 11) is 0. The summed E-state index contributed by atoms with van der Waals surface area (Å²) < 4.78 is 3.42. The lowest BCUT2D eigenvalue weighted by molar-refractivity contribution is 0.684. The largest absolute Gasteiger partial charge is 0.320 e. The molecule has 0 aromatic carbocycles. The molecule has 0 aliphatic carbocycles. The van der Waals surface area contributed by atoms with E-state index in [9.17, 15) is 0 Å². The minimum absolute atomic E-state index is 0.612. The van der Waals surface area contributed by atoms with E-state index in [1.807, 2.05) is 41.1 Å². The Morgan fingerprint density at radius 1 is 1.05 bits per heavy atom. The van der Waals surface area contributed by atoms with Crippen molar-refractivity contribution in [1.82, 2.24) is 39.8 Å². The fourth-order valence-corrected chi connectivity index (χ4v) is 2.77. The Bertz CT molecular complexity index is 900. The van der Waals surface area contributed by atoms with Crippen LogP contribution in [0, 0.1) is 0 Å². The average molecular weight is 310 g/mol. The Labute approximate surface area is 129 Å². The molecule has 0 spiro atoms. The van der Waals surface area contributed by atoms with Gasteiger partial charge in [0.25, 0.3) is 0 Å². The first kappa shape index (κ1) is 12.9. The summed E-state index contributed by atoms with van der Waals surface area (Å²) in [5.41, 5.74) is 1.59. The molecule has 0 N–H and O–H groups in total. The summed E-state index contributed by atoms with van der Waals surface area (Å²) in [4.78, 5) is 8.70. The molecule has 22 heavy (non-hydrogen) atoms. The van der Waals surface area contributed by atoms with Crippen molar-refractivity contribution in [1.29, 1.82) is 0 Å². The Hall–Kier alpha value is -2.81. The van der Waals surface area contributed by atoms with Crippen LogP contribution in [0.3, 0.4) is 0 Å². The number of tetrazole rings is 1. The molecule has 0 aliphatic heterocycles. The van der Waals surface area contributed by atoms with Gasteiger partial charge in [-0.05, 0) is 46.5 Å². The first-order valence-corrected chi connectivity index (χ1v) is 7.34. The van der Waals surface area contributed by atoms with Gasteiger partial charge in [0.2, 0.25) is 0 Å². The number of rotatable bonds is 4. The van der Waals surface area contributed by atoms with E-state index in [0.717, 1.165) is 15.9 Å². The smallest absolute Gasteiger partial charge is 0.200 e. The van der Waals surface area contributed by atoms with Crippen molar-refractivity contribution in [2.75, 3.05) is 0 Å². The summed E-state index contributed by atoms with van der Waals surface area (Å²) in [5.74, 6) is 0. The van der Waals surface area contributed by atoms with Gasteiger partial charge in [-0.3, -0.25) is 4.98 Å². The summed E-state index contributed by atoms with van der Waals surface area (Å²) in [6.07, 6.45) is 5.47. The number of aromatic nitrogens is 8. The van der Waals surface area contributed by atoms with Crippen molar-refractivity contribution in [3.63, 3.8) is 0 Å². The molecule has 0 radical (unpaired) electrons. The first-order valence-electron chi connectivity index (χ1n) is 6.53. The zero-order chi connectivity index (χ0) is 14.8. The molecule has 4 rings (SSSR count). The fraction of sp³-hybridized carbons (Fsp3) is 0.0769. The third-order valence-electron chi connectivity index (χ3n) is 2.98. The number of fused-ring (bicyclic) bond motifs is 1. The van der Waals surface area contributed by atoms with Gasteiger partial charge in [0, 0.05) is 18.6 Å². The van der Waals surface area contributed by atoms with E-state index in [4.69, 9.17) is 0 Å². The van der Waals surface area contributed by atoms with Crippen LogP contribution in [-0.4, -0.2) is 39.8 Å². The zero-order valence-electron chi connectivity index (χ0n) is 11.3. The zero-order valence-corrected chi connectivity index (χ0v) is 12.1. The topological polar surface area (TPSA) is 86.7 Å². The lowest BCUT2D eigenvalue weighted by atomic mass is 10.3. The molecule has 108 valence electrons. The normalized spacial score (nSPS) is 11.1. The average Bonchev–Trinajstić information content (AvgIpc) is 3.18. The van der Waals surface area contributed by atoms with Gasteiger partial charge < -0.3 is 4.57 Å². The molecule has 0 aliphatic rings. The SMILES string of the molecule is c1ccc(Cn2ccnc2Sc2ccc3nnnn3n2)nc1. The summed E-state index contributed by atoms with van der Waals surface area (Å²) >= 11 is 1.45. The van der Waals surface area contributed by atoms with Gasteiger partial charge in [-0.1, -0.05) is 6.07 Å². The van der Waals surface area contributed by atoms with Crippen LogP contribution in [-0.2, 0) is 6.54 Å². The van der Waals surface area contributed by atoms with Gasteiger partial charge in [-0.15, -0.1) is 14.8 Å². The minimum atomic E-state index is 0.612. The third-order valence-corrected chi connectivity index (χ3v) is 3.93. The molecule has 0 saturated carbocycles. The van der Waals surface area contributed by atoms with Crippen LogP contribution in [0.4, 0.5) is 0 Å². The van der Waals surface area contributed by atoms with Gasteiger partial charge in [0.1, 0.15) is 5.03 Å². The van der Waals surface area contributed by atoms with E-state index in [1.54, 1.807) is 12.4 Å². The summed E-state index contributed by atoms with van der Waals surface area (Å²) in [6, 6.07) is 9.55. The molecule has 8 nitrogen and oxygen atoms in total. The maximum atomic E-state index is 4.37. The van der Waals surface area contributed by atoms with E-state index in [2.05, 4.69) is 30.6 Å². The van der Waals surface area contributed by atoms with E-state index in [1.165, 1.54) is 16.4 Å². The van der Waals surface area contributed by atoms with Crippen LogP contribution >= 0.6 is 11.8 Å². The lowest BCUT2D eigenvalue weighted by Gasteiger charge is -2.06. The highest BCUT2D eigenvalue weighted by atomic mass is 32.2. The first-order chi connectivity index (χ1) is 10.9. The standard InChI is InChI=1S/C13H10N8S/c1-2-6-14-10(3-1)9-20-8-7-15-13(20)22-12-5-4-11-16-18-19-21(11)17-12/h1-8H,9H2. The van der Waals surface area contributed by atoms with Crippen LogP contribution in [0.5, 0.6) is 0 Å². The van der Waals surface area contributed by atoms with E-state index in [-0.39, 0.29) is 0 Å². The van der Waals surface area contributed by atoms with Crippen LogP contribution in [0.15, 0.2) is 59.1 Å². The van der Waals surface area contributed by atoms with Crippen LogP contribution in [0.25, 0.3) is 5.65 Å². The van der Waals surface area contributed by atoms with Crippen molar-refractivity contribution in [3.8, 4) is 0 Å². The Kier molecular flexibility index (Phi) is 3.24. The van der Waals surface area contributed by atoms with Gasteiger partial charge in [-0.2, -0.15) is 0 Å². The Balaban J connectivity index is 1.59. The second kappa shape index (κ2) is 5.53. The predicted molar refractivity (Wildman–Crippen MR) is 78.3 cm³/mol. The molecular formula is C13H10N8S. The van der Waals surface area contributed by atoms with Crippen molar-refractivity contribution in [2.24, 2.45) is 0 Å². The monoisotopic (exact) mass is 310 g/mol. The Morgan fingerprint density at radius 3 is 2.95 bits per heavy atom. The number of imidazole rings is 1. The molecule has 0 atom stereocenters. The summed E-state index contributed by atoms with van der Waals surface area (Å²) in [5, 5.41) is 17.1. The molecule has 9 heteroatoms. The molecule has 0 bridgehead atoms. The number of hydrogen-bond donors (Lipinski definition) is 0. The van der Waals surface area contributed by atoms with Gasteiger partial charge in [-0.25, -0.2) is 4.98 Å². The quantitative estimate of drug-likeness (QED) is 0.561. The molecule has 0 saturated heterocycles. The van der Waals surface area contributed by atoms with Crippen molar-refractivity contribution >= 4 is 17.4 Å². The molecule has 0 fully saturated rings. The molecule has 0 unspecified atom stereocenters. The maximum absolute atomic E-state index is 4.37. The maximum Gasteiger partial charge on any atom is 0.200 e. The molecule has 4 aromatic rings. The second-order valence-corrected chi connectivity index (χ2v) is 5.45. The van der Waals surface area contributed by atoms with Gasteiger partial charge >= 0.3 is 0 Å². The second-order valence-electron chi connectivity index (χ2n) is 4.46. The van der Waals surface area contributed by atoms with E-state index in [0.29, 0.717) is 12.2 Å². The van der Waals surface area contributed by atoms with Gasteiger partial charge in [0.15, 0.2) is 10.8 Å². The van der Waals surface area contributed by atoms with E-state index >= 15 is 0 Å². The highest BCUT2D eigenvalue weighted by molar-refractivity contribution is 7.99. The predicted octanol–water partition coefficient (Wildman–Crippen LogP) is 1.31. The molecule has 4 aromatic heterocycles. The third kappa shape index (κ3) is 2.53. The minimum Gasteiger partial charge on any atom is -0.320 e. The Morgan fingerprint density at radius 2 is 2.05 bits per heavy atom. The highest BCUT2D eigenvalue weighted by Crippen LogP contribution is 2.24. The van der Waals surface area contributed by atoms with Crippen molar-refractivity contribution < 1.29 is 0 Å². The van der Waals surface area contributed by atoms with Crippen LogP contribution < -0.4 is 0 Å².